The second-order valence-electron chi connectivity index (χ2n) is 6.48. The highest BCUT2D eigenvalue weighted by Gasteiger charge is 2.25. The Labute approximate surface area is 173 Å². The Balaban J connectivity index is 0.000000252. The van der Waals surface area contributed by atoms with E-state index in [0.29, 0.717) is 35.2 Å². The molecule has 2 aliphatic heterocycles. The minimum Gasteiger partial charge on any atom is -0.490 e. The molecule has 3 heterocycles. The van der Waals surface area contributed by atoms with E-state index in [1.54, 1.807) is 23.1 Å². The number of carbonyl (C=O) groups is 2. The molecular formula is C20H22ClN5O3. The highest BCUT2D eigenvalue weighted by Crippen LogP contribution is 2.33. The molecule has 2 aliphatic rings. The van der Waals surface area contributed by atoms with Gasteiger partial charge in [-0.3, -0.25) is 9.59 Å². The minimum atomic E-state index is -0.154. The molecule has 4 rings (SSSR count). The lowest BCUT2D eigenvalue weighted by Crippen LogP contribution is -2.37. The summed E-state index contributed by atoms with van der Waals surface area (Å²) < 4.78 is 5.60. The summed E-state index contributed by atoms with van der Waals surface area (Å²) in [6.07, 6.45) is 6.32. The van der Waals surface area contributed by atoms with Gasteiger partial charge in [0.1, 0.15) is 12.4 Å². The van der Waals surface area contributed by atoms with Crippen LogP contribution >= 0.6 is 11.6 Å². The van der Waals surface area contributed by atoms with Crippen LogP contribution in [0.25, 0.3) is 0 Å². The van der Waals surface area contributed by atoms with Crippen LogP contribution < -0.4 is 15.4 Å². The molecule has 0 aliphatic carbocycles. The summed E-state index contributed by atoms with van der Waals surface area (Å²) in [6, 6.07) is 5.27. The van der Waals surface area contributed by atoms with E-state index in [1.807, 2.05) is 4.90 Å². The van der Waals surface area contributed by atoms with Crippen LogP contribution in [0.4, 0.5) is 11.6 Å². The van der Waals surface area contributed by atoms with Gasteiger partial charge < -0.3 is 20.3 Å². The van der Waals surface area contributed by atoms with E-state index >= 15 is 0 Å². The average Bonchev–Trinajstić information content (AvgIpc) is 3.29. The number of nitrogen functional groups attached to an aromatic ring is 1. The van der Waals surface area contributed by atoms with Crippen molar-refractivity contribution in [3.05, 3.63) is 53.8 Å². The number of hydrogen-bond donors (Lipinski definition) is 1. The van der Waals surface area contributed by atoms with Gasteiger partial charge in [0.25, 0.3) is 11.8 Å². The maximum Gasteiger partial charge on any atom is 0.253 e. The summed E-state index contributed by atoms with van der Waals surface area (Å²) in [5, 5.41) is 0.499. The Morgan fingerprint density at radius 1 is 1.17 bits per heavy atom. The lowest BCUT2D eigenvalue weighted by atomic mass is 10.1. The van der Waals surface area contributed by atoms with Gasteiger partial charge in [-0.2, -0.15) is 0 Å². The third-order valence-corrected chi connectivity index (χ3v) is 4.74. The molecule has 2 N–H and O–H groups in total. The molecule has 2 amide bonds. The van der Waals surface area contributed by atoms with E-state index in [9.17, 15) is 9.59 Å². The molecule has 0 saturated carbocycles. The van der Waals surface area contributed by atoms with Gasteiger partial charge in [0.05, 0.1) is 29.6 Å². The number of aromatic nitrogens is 2. The molecule has 1 fully saturated rings. The van der Waals surface area contributed by atoms with Crippen LogP contribution in [-0.2, 0) is 4.79 Å². The quantitative estimate of drug-likeness (QED) is 0.756. The Kier molecular flexibility index (Phi) is 6.66. The van der Waals surface area contributed by atoms with Crippen LogP contribution in [-0.4, -0.2) is 52.9 Å². The Hall–Kier alpha value is -3.13. The number of likely N-dealkylation sites (tertiary alicyclic amines) is 1. The summed E-state index contributed by atoms with van der Waals surface area (Å²) in [6.45, 7) is 6.07. The first-order valence-corrected chi connectivity index (χ1v) is 9.60. The van der Waals surface area contributed by atoms with Crippen LogP contribution in [0.15, 0.2) is 43.2 Å². The molecule has 0 unspecified atom stereocenters. The lowest BCUT2D eigenvalue weighted by Gasteiger charge is -2.29. The van der Waals surface area contributed by atoms with E-state index in [-0.39, 0.29) is 17.8 Å². The number of nitrogens with two attached hydrogens (primary N) is 1. The van der Waals surface area contributed by atoms with Crippen LogP contribution in [0.5, 0.6) is 5.75 Å². The monoisotopic (exact) mass is 415 g/mol. The first-order valence-electron chi connectivity index (χ1n) is 9.22. The molecule has 0 radical (unpaired) electrons. The lowest BCUT2D eigenvalue weighted by molar-refractivity contribution is -0.114. The van der Waals surface area contributed by atoms with E-state index in [4.69, 9.17) is 22.1 Å². The zero-order chi connectivity index (χ0) is 20.8. The maximum atomic E-state index is 12.4. The SMILES string of the molecule is C=CC(=O)N1CCOc2cc(C(=O)N3CCCC3)ccc21.Nc1ncc(Cl)cn1. The van der Waals surface area contributed by atoms with Crippen LogP contribution in [0, 0.1) is 0 Å². The molecule has 8 nitrogen and oxygen atoms in total. The summed E-state index contributed by atoms with van der Waals surface area (Å²) in [5.74, 6) is 0.708. The topological polar surface area (TPSA) is 102 Å². The van der Waals surface area contributed by atoms with Gasteiger partial charge in [-0.25, -0.2) is 9.97 Å². The number of amides is 2. The molecule has 152 valence electrons. The van der Waals surface area contributed by atoms with E-state index in [1.165, 1.54) is 18.5 Å². The summed E-state index contributed by atoms with van der Waals surface area (Å²) in [4.78, 5) is 34.9. The summed E-state index contributed by atoms with van der Waals surface area (Å²) >= 11 is 5.43. The fourth-order valence-electron chi connectivity index (χ4n) is 3.12. The number of fused-ring (bicyclic) bond motifs is 1. The number of halogens is 1. The zero-order valence-corrected chi connectivity index (χ0v) is 16.6. The van der Waals surface area contributed by atoms with Gasteiger partial charge in [-0.05, 0) is 37.1 Å². The van der Waals surface area contributed by atoms with Crippen molar-refractivity contribution < 1.29 is 14.3 Å². The van der Waals surface area contributed by atoms with Crippen molar-refractivity contribution in [3.63, 3.8) is 0 Å². The number of rotatable bonds is 2. The van der Waals surface area contributed by atoms with Crippen molar-refractivity contribution in [2.24, 2.45) is 0 Å². The van der Waals surface area contributed by atoms with E-state index in [2.05, 4.69) is 16.5 Å². The molecule has 0 bridgehead atoms. The summed E-state index contributed by atoms with van der Waals surface area (Å²) in [7, 11) is 0. The molecule has 1 aromatic carbocycles. The predicted octanol–water partition coefficient (Wildman–Crippen LogP) is 2.55. The van der Waals surface area contributed by atoms with Gasteiger partial charge in [0.2, 0.25) is 5.95 Å². The fraction of sp³-hybridized carbons (Fsp3) is 0.300. The van der Waals surface area contributed by atoms with E-state index in [0.717, 1.165) is 25.9 Å². The normalized spacial score (nSPS) is 14.9. The van der Waals surface area contributed by atoms with Crippen molar-refractivity contribution in [3.8, 4) is 5.75 Å². The second kappa shape index (κ2) is 9.38. The first-order chi connectivity index (χ1) is 14.0. The zero-order valence-electron chi connectivity index (χ0n) is 15.9. The molecule has 0 spiro atoms. The molecule has 29 heavy (non-hydrogen) atoms. The highest BCUT2D eigenvalue weighted by molar-refractivity contribution is 6.30. The first kappa shape index (κ1) is 20.6. The van der Waals surface area contributed by atoms with Crippen molar-refractivity contribution in [2.45, 2.75) is 12.8 Å². The van der Waals surface area contributed by atoms with Crippen LogP contribution in [0.1, 0.15) is 23.2 Å². The number of benzene rings is 1. The number of ether oxygens (including phenoxy) is 1. The predicted molar refractivity (Wildman–Crippen MR) is 111 cm³/mol. The number of hydrogen-bond acceptors (Lipinski definition) is 6. The molecule has 1 saturated heterocycles. The second-order valence-corrected chi connectivity index (χ2v) is 6.92. The highest BCUT2D eigenvalue weighted by atomic mass is 35.5. The van der Waals surface area contributed by atoms with Gasteiger partial charge in [-0.15, -0.1) is 0 Å². The van der Waals surface area contributed by atoms with E-state index < -0.39 is 0 Å². The van der Waals surface area contributed by atoms with Crippen molar-refractivity contribution >= 4 is 35.1 Å². The third kappa shape index (κ3) is 5.03. The van der Waals surface area contributed by atoms with Gasteiger partial charge >= 0.3 is 0 Å². The Bertz CT molecular complexity index is 876. The van der Waals surface area contributed by atoms with Crippen molar-refractivity contribution in [1.29, 1.82) is 0 Å². The average molecular weight is 416 g/mol. The van der Waals surface area contributed by atoms with Gasteiger partial charge in [0.15, 0.2) is 0 Å². The Morgan fingerprint density at radius 3 is 2.48 bits per heavy atom. The third-order valence-electron chi connectivity index (χ3n) is 4.54. The number of carbonyl (C=O) groups excluding carboxylic acids is 2. The van der Waals surface area contributed by atoms with Crippen molar-refractivity contribution in [2.75, 3.05) is 36.9 Å². The van der Waals surface area contributed by atoms with Crippen LogP contribution in [0.2, 0.25) is 5.02 Å². The fourth-order valence-corrected chi connectivity index (χ4v) is 3.21. The van der Waals surface area contributed by atoms with Crippen molar-refractivity contribution in [1.82, 2.24) is 14.9 Å². The molecular weight excluding hydrogens is 394 g/mol. The summed E-state index contributed by atoms with van der Waals surface area (Å²) in [5.41, 5.74) is 6.46. The standard InChI is InChI=1S/C16H18N2O3.C4H4ClN3/c1-2-15(19)18-9-10-21-14-11-12(5-6-13(14)18)16(20)17-7-3-4-8-17;5-3-1-7-4(6)8-2-3/h2,5-6,11H,1,3-4,7-10H2;1-2H,(H2,6,7,8). The minimum absolute atomic E-state index is 0.0334. The van der Waals surface area contributed by atoms with Crippen LogP contribution in [0.3, 0.4) is 0 Å². The maximum absolute atomic E-state index is 12.4. The molecule has 2 aromatic rings. The molecule has 0 atom stereocenters. The van der Waals surface area contributed by atoms with Gasteiger partial charge in [0, 0.05) is 18.7 Å². The van der Waals surface area contributed by atoms with Gasteiger partial charge in [-0.1, -0.05) is 18.2 Å². The number of nitrogens with zero attached hydrogens (tertiary/aromatic N) is 4. The smallest absolute Gasteiger partial charge is 0.253 e. The number of anilines is 2. The molecule has 1 aromatic heterocycles. The molecule has 9 heteroatoms. The largest absolute Gasteiger partial charge is 0.490 e. The Morgan fingerprint density at radius 2 is 1.86 bits per heavy atom.